The molecule has 2 aromatic carbocycles. The average molecular weight is 320 g/mol. The Morgan fingerprint density at radius 3 is 1.43 bits per heavy atom. The number of benzene rings is 2. The van der Waals surface area contributed by atoms with Gasteiger partial charge in [0.1, 0.15) is 0 Å². The zero-order valence-electron chi connectivity index (χ0n) is 13.0. The van der Waals surface area contributed by atoms with Crippen molar-refractivity contribution in [2.45, 2.75) is 19.6 Å². The van der Waals surface area contributed by atoms with Gasteiger partial charge in [0.25, 0.3) is 0 Å². The number of hydrogen-bond donors (Lipinski definition) is 4. The molecule has 0 fully saturated rings. The fourth-order valence-electron chi connectivity index (χ4n) is 2.45. The molecule has 0 heterocycles. The molecule has 0 radical (unpaired) electrons. The lowest BCUT2D eigenvalue weighted by molar-refractivity contribution is 0.272. The smallest absolute Gasteiger partial charge is 0.163 e. The van der Waals surface area contributed by atoms with E-state index in [1.54, 1.807) is 24.3 Å². The van der Waals surface area contributed by atoms with Gasteiger partial charge >= 0.3 is 0 Å². The van der Waals surface area contributed by atoms with Gasteiger partial charge in [0.05, 0.1) is 27.4 Å². The Morgan fingerprint density at radius 2 is 1.13 bits per heavy atom. The molecule has 23 heavy (non-hydrogen) atoms. The van der Waals surface area contributed by atoms with Crippen LogP contribution in [0.2, 0.25) is 0 Å². The van der Waals surface area contributed by atoms with Crippen LogP contribution in [0.25, 0.3) is 0 Å². The van der Waals surface area contributed by atoms with Gasteiger partial charge in [-0.3, -0.25) is 0 Å². The second-order valence-corrected chi connectivity index (χ2v) is 5.10. The lowest BCUT2D eigenvalue weighted by atomic mass is 9.99. The summed E-state index contributed by atoms with van der Waals surface area (Å²) in [6.07, 6.45) is 0.452. The Morgan fingerprint density at radius 1 is 0.739 bits per heavy atom. The van der Waals surface area contributed by atoms with Gasteiger partial charge in [0, 0.05) is 11.1 Å². The van der Waals surface area contributed by atoms with Crippen LogP contribution in [0.4, 0.5) is 0 Å². The first-order valence-electron chi connectivity index (χ1n) is 7.03. The van der Waals surface area contributed by atoms with E-state index in [1.807, 2.05) is 0 Å². The van der Waals surface area contributed by atoms with Gasteiger partial charge in [-0.05, 0) is 41.8 Å². The number of phenols is 2. The zero-order valence-corrected chi connectivity index (χ0v) is 13.0. The quantitative estimate of drug-likeness (QED) is 0.646. The minimum atomic E-state index is -0.309. The third kappa shape index (κ3) is 3.49. The van der Waals surface area contributed by atoms with Crippen LogP contribution in [-0.4, -0.2) is 34.6 Å². The Kier molecular flexibility index (Phi) is 5.31. The Bertz CT molecular complexity index is 586. The summed E-state index contributed by atoms with van der Waals surface area (Å²) in [4.78, 5) is 0. The highest BCUT2D eigenvalue weighted by Gasteiger charge is 2.13. The third-order valence-corrected chi connectivity index (χ3v) is 3.62. The van der Waals surface area contributed by atoms with Gasteiger partial charge in [0.15, 0.2) is 23.0 Å². The topological polar surface area (TPSA) is 99.4 Å². The normalized spacial score (nSPS) is 10.6. The van der Waals surface area contributed by atoms with Gasteiger partial charge in [-0.15, -0.1) is 0 Å². The van der Waals surface area contributed by atoms with E-state index in [1.165, 1.54) is 14.2 Å². The van der Waals surface area contributed by atoms with Crippen molar-refractivity contribution in [3.05, 3.63) is 46.5 Å². The number of aliphatic hydroxyl groups excluding tert-OH is 2. The molecule has 2 rings (SSSR count). The maximum atomic E-state index is 9.91. The van der Waals surface area contributed by atoms with Gasteiger partial charge < -0.3 is 29.9 Å². The lowest BCUT2D eigenvalue weighted by Crippen LogP contribution is -1.98. The van der Waals surface area contributed by atoms with E-state index >= 15 is 0 Å². The predicted molar refractivity (Wildman–Crippen MR) is 84.0 cm³/mol. The standard InChI is InChI=1S/C17H20O6/c1-22-14-6-10(4-12(8-18)16(14)20)3-11-5-13(9-19)17(21)15(7-11)23-2/h4-7,18-21H,3,8-9H2,1-2H3. The summed E-state index contributed by atoms with van der Waals surface area (Å²) < 4.78 is 10.2. The van der Waals surface area contributed by atoms with Crippen molar-refractivity contribution in [1.82, 2.24) is 0 Å². The van der Waals surface area contributed by atoms with Crippen molar-refractivity contribution >= 4 is 0 Å². The van der Waals surface area contributed by atoms with E-state index < -0.39 is 0 Å². The molecule has 4 N–H and O–H groups in total. The molecule has 0 aliphatic rings. The summed E-state index contributed by atoms with van der Waals surface area (Å²) in [5.74, 6) is 0.385. The van der Waals surface area contributed by atoms with E-state index in [-0.39, 0.29) is 36.2 Å². The summed E-state index contributed by atoms with van der Waals surface area (Å²) in [5.41, 5.74) is 2.35. The first kappa shape index (κ1) is 16.9. The zero-order chi connectivity index (χ0) is 17.0. The van der Waals surface area contributed by atoms with Gasteiger partial charge in [-0.1, -0.05) is 0 Å². The molecule has 6 nitrogen and oxygen atoms in total. The highest BCUT2D eigenvalue weighted by Crippen LogP contribution is 2.35. The average Bonchev–Trinajstić information content (AvgIpc) is 2.57. The molecule has 124 valence electrons. The van der Waals surface area contributed by atoms with E-state index in [0.717, 1.165) is 11.1 Å². The molecule has 0 unspecified atom stereocenters. The van der Waals surface area contributed by atoms with Crippen molar-refractivity contribution in [1.29, 1.82) is 0 Å². The highest BCUT2D eigenvalue weighted by atomic mass is 16.5. The molecule has 0 bridgehead atoms. The molecule has 0 aliphatic heterocycles. The number of hydrogen-bond acceptors (Lipinski definition) is 6. The summed E-state index contributed by atoms with van der Waals surface area (Å²) >= 11 is 0. The van der Waals surface area contributed by atoms with E-state index in [9.17, 15) is 20.4 Å². The second kappa shape index (κ2) is 7.21. The van der Waals surface area contributed by atoms with Gasteiger partial charge in [0.2, 0.25) is 0 Å². The summed E-state index contributed by atoms with van der Waals surface area (Å²) in [5, 5.41) is 38.5. The molecule has 0 aromatic heterocycles. The van der Waals surface area contributed by atoms with Crippen LogP contribution in [0.5, 0.6) is 23.0 Å². The number of methoxy groups -OCH3 is 2. The maximum Gasteiger partial charge on any atom is 0.163 e. The largest absolute Gasteiger partial charge is 0.504 e. The monoisotopic (exact) mass is 320 g/mol. The first-order chi connectivity index (χ1) is 11.0. The fraction of sp³-hybridized carbons (Fsp3) is 0.294. The molecule has 2 aromatic rings. The van der Waals surface area contributed by atoms with E-state index in [4.69, 9.17) is 9.47 Å². The molecule has 0 amide bonds. The predicted octanol–water partition coefficient (Wildman–Crippen LogP) is 1.69. The van der Waals surface area contributed by atoms with Crippen molar-refractivity contribution < 1.29 is 29.9 Å². The Balaban J connectivity index is 2.43. The maximum absolute atomic E-state index is 9.91. The van der Waals surface area contributed by atoms with Crippen LogP contribution < -0.4 is 9.47 Å². The Hall–Kier alpha value is -2.44. The van der Waals surface area contributed by atoms with Crippen molar-refractivity contribution in [3.63, 3.8) is 0 Å². The van der Waals surface area contributed by atoms with Gasteiger partial charge in [-0.25, -0.2) is 0 Å². The minimum Gasteiger partial charge on any atom is -0.504 e. The SMILES string of the molecule is COc1cc(Cc2cc(CO)c(O)c(OC)c2)cc(CO)c1O. The lowest BCUT2D eigenvalue weighted by Gasteiger charge is -2.13. The van der Waals surface area contributed by atoms with Crippen molar-refractivity contribution in [3.8, 4) is 23.0 Å². The molecular weight excluding hydrogens is 300 g/mol. The number of aliphatic hydroxyl groups is 2. The molecule has 0 saturated heterocycles. The van der Waals surface area contributed by atoms with Crippen LogP contribution in [0.3, 0.4) is 0 Å². The van der Waals surface area contributed by atoms with Crippen LogP contribution in [0.1, 0.15) is 22.3 Å². The molecule has 6 heteroatoms. The summed E-state index contributed by atoms with van der Waals surface area (Å²) in [7, 11) is 2.88. The van der Waals surface area contributed by atoms with Crippen molar-refractivity contribution in [2.75, 3.05) is 14.2 Å². The fourth-order valence-corrected chi connectivity index (χ4v) is 2.45. The molecular formula is C17H20O6. The molecule has 0 spiro atoms. The van der Waals surface area contributed by atoms with Crippen LogP contribution in [-0.2, 0) is 19.6 Å². The van der Waals surface area contributed by atoms with Crippen LogP contribution in [0, 0.1) is 0 Å². The first-order valence-corrected chi connectivity index (χ1v) is 7.03. The molecule has 0 atom stereocenters. The summed E-state index contributed by atoms with van der Waals surface area (Å²) in [6, 6.07) is 6.70. The minimum absolute atomic E-state index is 0.0851. The highest BCUT2D eigenvalue weighted by molar-refractivity contribution is 5.52. The Labute approximate surface area is 134 Å². The van der Waals surface area contributed by atoms with Crippen LogP contribution >= 0.6 is 0 Å². The van der Waals surface area contributed by atoms with E-state index in [0.29, 0.717) is 17.5 Å². The van der Waals surface area contributed by atoms with E-state index in [2.05, 4.69) is 0 Å². The number of aromatic hydroxyl groups is 2. The van der Waals surface area contributed by atoms with Gasteiger partial charge in [-0.2, -0.15) is 0 Å². The summed E-state index contributed by atoms with van der Waals surface area (Å²) in [6.45, 7) is -0.617. The van der Waals surface area contributed by atoms with Crippen LogP contribution in [0.15, 0.2) is 24.3 Å². The number of ether oxygens (including phenoxy) is 2. The molecule has 0 saturated carbocycles. The third-order valence-electron chi connectivity index (χ3n) is 3.62. The number of rotatable bonds is 6. The van der Waals surface area contributed by atoms with Crippen molar-refractivity contribution in [2.24, 2.45) is 0 Å². The second-order valence-electron chi connectivity index (χ2n) is 5.10. The molecule has 0 aliphatic carbocycles.